The lowest BCUT2D eigenvalue weighted by Gasteiger charge is -2.12. The molecule has 3 aromatic carbocycles. The summed E-state index contributed by atoms with van der Waals surface area (Å²) in [4.78, 5) is 4.12. The Bertz CT molecular complexity index is 1150. The monoisotopic (exact) mass is 387 g/mol. The van der Waals surface area contributed by atoms with Gasteiger partial charge in [-0.15, -0.1) is 0 Å². The topological polar surface area (TPSA) is 22.8 Å². The summed E-state index contributed by atoms with van der Waals surface area (Å²) in [6.07, 6.45) is 5.54. The first kappa shape index (κ1) is 14.5. The number of imidazole rings is 1. The third kappa shape index (κ3) is 2.22. The smallest absolute Gasteiger partial charge is 0.0991 e. The minimum Gasteiger partial charge on any atom is -0.308 e. The van der Waals surface area contributed by atoms with Crippen LogP contribution in [-0.2, 0) is 0 Å². The van der Waals surface area contributed by atoms with E-state index >= 15 is 0 Å². The van der Waals surface area contributed by atoms with Crippen LogP contribution in [-0.4, -0.2) is 14.1 Å². The molecule has 0 radical (unpaired) electrons. The first-order valence-corrected chi connectivity index (χ1v) is 8.89. The van der Waals surface area contributed by atoms with E-state index in [0.717, 1.165) is 15.8 Å². The molecule has 0 saturated heterocycles. The Balaban J connectivity index is 1.81. The molecule has 0 spiro atoms. The standard InChI is InChI=1S/C21H14BrN3/c22-18-13-15(24-12-11-23-14-24)9-10-21(18)25-19-7-3-1-5-16(19)17-6-2-4-8-20(17)25/h1-14H. The van der Waals surface area contributed by atoms with E-state index in [1.807, 2.05) is 17.1 Å². The Morgan fingerprint density at radius 3 is 2.08 bits per heavy atom. The van der Waals surface area contributed by atoms with Gasteiger partial charge in [-0.3, -0.25) is 0 Å². The molecule has 0 fully saturated rings. The molecule has 5 rings (SSSR count). The van der Waals surface area contributed by atoms with Gasteiger partial charge < -0.3 is 9.13 Å². The molecular weight excluding hydrogens is 374 g/mol. The molecule has 0 saturated carbocycles. The highest BCUT2D eigenvalue weighted by atomic mass is 79.9. The normalized spacial score (nSPS) is 11.4. The van der Waals surface area contributed by atoms with Gasteiger partial charge in [-0.2, -0.15) is 0 Å². The second kappa shape index (κ2) is 5.60. The van der Waals surface area contributed by atoms with Gasteiger partial charge in [0.15, 0.2) is 0 Å². The maximum absolute atomic E-state index is 4.12. The van der Waals surface area contributed by atoms with Crippen LogP contribution in [0.1, 0.15) is 0 Å². The molecule has 0 N–H and O–H groups in total. The molecule has 0 aliphatic rings. The van der Waals surface area contributed by atoms with Crippen LogP contribution in [0.2, 0.25) is 0 Å². The lowest BCUT2D eigenvalue weighted by molar-refractivity contribution is 1.05. The van der Waals surface area contributed by atoms with Crippen molar-refractivity contribution in [2.45, 2.75) is 0 Å². The fourth-order valence-electron chi connectivity index (χ4n) is 3.43. The summed E-state index contributed by atoms with van der Waals surface area (Å²) < 4.78 is 5.36. The van der Waals surface area contributed by atoms with Crippen LogP contribution in [0.15, 0.2) is 89.9 Å². The molecule has 0 bridgehead atoms. The Labute approximate surface area is 153 Å². The summed E-state index contributed by atoms with van der Waals surface area (Å²) >= 11 is 3.77. The van der Waals surface area contributed by atoms with E-state index in [1.54, 1.807) is 6.20 Å². The molecule has 0 atom stereocenters. The second-order valence-electron chi connectivity index (χ2n) is 5.98. The van der Waals surface area contributed by atoms with Crippen molar-refractivity contribution >= 4 is 37.7 Å². The molecule has 0 unspecified atom stereocenters. The first-order valence-electron chi connectivity index (χ1n) is 8.09. The maximum Gasteiger partial charge on any atom is 0.0991 e. The number of hydrogen-bond donors (Lipinski definition) is 0. The summed E-state index contributed by atoms with van der Waals surface area (Å²) in [5.74, 6) is 0. The van der Waals surface area contributed by atoms with Gasteiger partial charge in [0.05, 0.1) is 23.0 Å². The van der Waals surface area contributed by atoms with Crippen molar-refractivity contribution in [3.8, 4) is 11.4 Å². The van der Waals surface area contributed by atoms with Gasteiger partial charge in [-0.05, 0) is 46.3 Å². The van der Waals surface area contributed by atoms with Crippen LogP contribution >= 0.6 is 15.9 Å². The zero-order chi connectivity index (χ0) is 16.8. The quantitative estimate of drug-likeness (QED) is 0.379. The summed E-state index contributed by atoms with van der Waals surface area (Å²) in [5.41, 5.74) is 4.62. The number of hydrogen-bond acceptors (Lipinski definition) is 1. The fourth-order valence-corrected chi connectivity index (χ4v) is 3.98. The van der Waals surface area contributed by atoms with E-state index in [4.69, 9.17) is 0 Å². The summed E-state index contributed by atoms with van der Waals surface area (Å²) in [6, 6.07) is 23.5. The molecule has 0 amide bonds. The Hall–Kier alpha value is -2.85. The first-order chi connectivity index (χ1) is 12.3. The Kier molecular flexibility index (Phi) is 3.25. The van der Waals surface area contributed by atoms with Gasteiger partial charge in [0.1, 0.15) is 0 Å². The molecular formula is C21H14BrN3. The minimum atomic E-state index is 1.05. The number of aromatic nitrogens is 3. The molecule has 2 heterocycles. The molecule has 120 valence electrons. The van der Waals surface area contributed by atoms with Crippen LogP contribution in [0.3, 0.4) is 0 Å². The second-order valence-corrected chi connectivity index (χ2v) is 6.83. The summed E-state index contributed by atoms with van der Waals surface area (Å²) in [6.45, 7) is 0. The molecule has 0 aliphatic heterocycles. The van der Waals surface area contributed by atoms with Gasteiger partial charge in [0.25, 0.3) is 0 Å². The largest absolute Gasteiger partial charge is 0.308 e. The Morgan fingerprint density at radius 2 is 1.48 bits per heavy atom. The maximum atomic E-state index is 4.12. The van der Waals surface area contributed by atoms with E-state index in [2.05, 4.69) is 92.2 Å². The van der Waals surface area contributed by atoms with Gasteiger partial charge in [0, 0.05) is 33.3 Å². The predicted molar refractivity (Wildman–Crippen MR) is 106 cm³/mol. The molecule has 4 heteroatoms. The molecule has 3 nitrogen and oxygen atoms in total. The fraction of sp³-hybridized carbons (Fsp3) is 0. The zero-order valence-electron chi connectivity index (χ0n) is 13.3. The van der Waals surface area contributed by atoms with Crippen LogP contribution in [0.5, 0.6) is 0 Å². The van der Waals surface area contributed by atoms with Gasteiger partial charge in [-0.1, -0.05) is 36.4 Å². The van der Waals surface area contributed by atoms with Crippen molar-refractivity contribution in [3.05, 3.63) is 89.9 Å². The average Bonchev–Trinajstić information content (AvgIpc) is 3.28. The van der Waals surface area contributed by atoms with Crippen molar-refractivity contribution in [3.63, 3.8) is 0 Å². The number of halogens is 1. The highest BCUT2D eigenvalue weighted by molar-refractivity contribution is 9.10. The lowest BCUT2D eigenvalue weighted by Crippen LogP contribution is -1.97. The lowest BCUT2D eigenvalue weighted by atomic mass is 10.2. The number of benzene rings is 3. The summed E-state index contributed by atoms with van der Waals surface area (Å²) in [7, 11) is 0. The van der Waals surface area contributed by atoms with E-state index in [0.29, 0.717) is 0 Å². The summed E-state index contributed by atoms with van der Waals surface area (Å²) in [5, 5.41) is 2.53. The number of rotatable bonds is 2. The van der Waals surface area contributed by atoms with Gasteiger partial charge in [-0.25, -0.2) is 4.98 Å². The van der Waals surface area contributed by atoms with E-state index < -0.39 is 0 Å². The molecule has 5 aromatic rings. The molecule has 25 heavy (non-hydrogen) atoms. The van der Waals surface area contributed by atoms with Crippen molar-refractivity contribution < 1.29 is 0 Å². The number of fused-ring (bicyclic) bond motifs is 3. The predicted octanol–water partition coefficient (Wildman–Crippen LogP) is 5.73. The van der Waals surface area contributed by atoms with E-state index in [1.165, 1.54) is 21.8 Å². The van der Waals surface area contributed by atoms with Crippen molar-refractivity contribution in [1.29, 1.82) is 0 Å². The van der Waals surface area contributed by atoms with Crippen LogP contribution in [0, 0.1) is 0 Å². The van der Waals surface area contributed by atoms with Crippen molar-refractivity contribution in [1.82, 2.24) is 14.1 Å². The van der Waals surface area contributed by atoms with Crippen molar-refractivity contribution in [2.75, 3.05) is 0 Å². The third-order valence-electron chi connectivity index (χ3n) is 4.55. The minimum absolute atomic E-state index is 1.05. The Morgan fingerprint density at radius 1 is 0.800 bits per heavy atom. The number of nitrogens with zero attached hydrogens (tertiary/aromatic N) is 3. The van der Waals surface area contributed by atoms with Gasteiger partial charge in [0.2, 0.25) is 0 Å². The third-order valence-corrected chi connectivity index (χ3v) is 5.19. The van der Waals surface area contributed by atoms with Crippen LogP contribution in [0.4, 0.5) is 0 Å². The van der Waals surface area contributed by atoms with Crippen molar-refractivity contribution in [2.24, 2.45) is 0 Å². The van der Waals surface area contributed by atoms with Crippen LogP contribution < -0.4 is 0 Å². The van der Waals surface area contributed by atoms with E-state index in [9.17, 15) is 0 Å². The van der Waals surface area contributed by atoms with Gasteiger partial charge >= 0.3 is 0 Å². The van der Waals surface area contributed by atoms with Crippen LogP contribution in [0.25, 0.3) is 33.2 Å². The highest BCUT2D eigenvalue weighted by Gasteiger charge is 2.13. The zero-order valence-corrected chi connectivity index (χ0v) is 14.9. The average molecular weight is 388 g/mol. The molecule has 2 aromatic heterocycles. The SMILES string of the molecule is Brc1cc(-n2ccnc2)ccc1-n1c2ccccc2c2ccccc21. The van der Waals surface area contributed by atoms with E-state index in [-0.39, 0.29) is 0 Å². The number of para-hydroxylation sites is 2. The molecule has 0 aliphatic carbocycles. The highest BCUT2D eigenvalue weighted by Crippen LogP contribution is 2.34.